The molecule has 2 amide bonds. The minimum Gasteiger partial charge on any atom is -0.338 e. The predicted octanol–water partition coefficient (Wildman–Crippen LogP) is 3.58. The highest BCUT2D eigenvalue weighted by atomic mass is 19.3. The Morgan fingerprint density at radius 1 is 1.20 bits per heavy atom. The first-order valence-corrected chi connectivity index (χ1v) is 9.40. The average molecular weight is 416 g/mol. The molecule has 4 rings (SSSR count). The molecule has 1 fully saturated rings. The van der Waals surface area contributed by atoms with E-state index in [2.05, 4.69) is 4.98 Å². The molecule has 9 heteroatoms. The van der Waals surface area contributed by atoms with E-state index in [0.717, 1.165) is 4.57 Å². The Morgan fingerprint density at radius 3 is 2.63 bits per heavy atom. The third-order valence-electron chi connectivity index (χ3n) is 5.24. The number of alkyl halides is 2. The van der Waals surface area contributed by atoms with Crippen LogP contribution >= 0.6 is 0 Å². The Labute approximate surface area is 170 Å². The number of hydrogen-bond acceptors (Lipinski definition) is 3. The van der Waals surface area contributed by atoms with Crippen LogP contribution in [0, 0.1) is 11.7 Å². The summed E-state index contributed by atoms with van der Waals surface area (Å²) < 4.78 is 42.0. The molecule has 1 saturated heterocycles. The van der Waals surface area contributed by atoms with Crippen molar-refractivity contribution >= 4 is 28.5 Å². The predicted molar refractivity (Wildman–Crippen MR) is 104 cm³/mol. The lowest BCUT2D eigenvalue weighted by atomic mass is 10.1. The topological polar surface area (TPSA) is 58.4 Å². The van der Waals surface area contributed by atoms with E-state index in [1.165, 1.54) is 35.0 Å². The number of anilines is 1. The molecule has 2 aromatic carbocycles. The van der Waals surface area contributed by atoms with Crippen LogP contribution in [-0.2, 0) is 16.1 Å². The summed E-state index contributed by atoms with van der Waals surface area (Å²) in [6.07, 6.45) is -0.0667. The number of imidazole rings is 1. The second kappa shape index (κ2) is 7.81. The van der Waals surface area contributed by atoms with E-state index in [9.17, 15) is 22.8 Å². The minimum atomic E-state index is -2.81. The van der Waals surface area contributed by atoms with Crippen LogP contribution in [0.2, 0.25) is 0 Å². The molecule has 6 nitrogen and oxygen atoms in total. The number of para-hydroxylation sites is 3. The van der Waals surface area contributed by atoms with Gasteiger partial charge >= 0.3 is 6.55 Å². The van der Waals surface area contributed by atoms with Crippen LogP contribution in [0.3, 0.4) is 0 Å². The zero-order valence-electron chi connectivity index (χ0n) is 16.1. The standard InChI is InChI=1S/C21H19F3N4O2/c1-26(12-18-25-15-7-3-5-9-17(15)28(18)21(23)24)20(30)13-10-19(29)27(11-13)16-8-4-2-6-14(16)22/h2-9,13,21H,10-12H2,1H3/t13-/m1/s1. The summed E-state index contributed by atoms with van der Waals surface area (Å²) in [5.74, 6) is -1.91. The molecule has 0 bridgehead atoms. The third kappa shape index (κ3) is 3.51. The summed E-state index contributed by atoms with van der Waals surface area (Å²) in [6, 6.07) is 12.4. The van der Waals surface area contributed by atoms with Gasteiger partial charge in [-0.3, -0.25) is 14.2 Å². The number of benzene rings is 2. The highest BCUT2D eigenvalue weighted by Crippen LogP contribution is 2.29. The lowest BCUT2D eigenvalue weighted by Crippen LogP contribution is -2.35. The van der Waals surface area contributed by atoms with Crippen LogP contribution in [0.5, 0.6) is 0 Å². The monoisotopic (exact) mass is 416 g/mol. The third-order valence-corrected chi connectivity index (χ3v) is 5.24. The normalized spacial score (nSPS) is 16.6. The van der Waals surface area contributed by atoms with Gasteiger partial charge < -0.3 is 9.80 Å². The van der Waals surface area contributed by atoms with Gasteiger partial charge in [0.2, 0.25) is 11.8 Å². The van der Waals surface area contributed by atoms with Gasteiger partial charge in [-0.15, -0.1) is 0 Å². The molecule has 156 valence electrons. The van der Waals surface area contributed by atoms with Crippen molar-refractivity contribution in [1.82, 2.24) is 14.5 Å². The van der Waals surface area contributed by atoms with Crippen molar-refractivity contribution in [3.05, 3.63) is 60.2 Å². The Hall–Kier alpha value is -3.36. The molecule has 3 aromatic rings. The van der Waals surface area contributed by atoms with Gasteiger partial charge in [0.05, 0.1) is 29.2 Å². The molecule has 0 saturated carbocycles. The van der Waals surface area contributed by atoms with Crippen LogP contribution in [0.25, 0.3) is 11.0 Å². The number of amides is 2. The summed E-state index contributed by atoms with van der Waals surface area (Å²) in [7, 11) is 1.48. The van der Waals surface area contributed by atoms with Gasteiger partial charge in [-0.2, -0.15) is 8.78 Å². The summed E-state index contributed by atoms with van der Waals surface area (Å²) in [6.45, 7) is -2.91. The smallest absolute Gasteiger partial charge is 0.320 e. The van der Waals surface area contributed by atoms with Gasteiger partial charge in [-0.05, 0) is 24.3 Å². The van der Waals surface area contributed by atoms with Crippen molar-refractivity contribution in [3.63, 3.8) is 0 Å². The molecule has 0 spiro atoms. The average Bonchev–Trinajstić information content (AvgIpc) is 3.27. The molecule has 30 heavy (non-hydrogen) atoms. The summed E-state index contributed by atoms with van der Waals surface area (Å²) in [4.78, 5) is 32.0. The fraction of sp³-hybridized carbons (Fsp3) is 0.286. The fourth-order valence-electron chi connectivity index (χ4n) is 3.80. The number of aromatic nitrogens is 2. The Bertz CT molecular complexity index is 1110. The van der Waals surface area contributed by atoms with E-state index in [4.69, 9.17) is 0 Å². The van der Waals surface area contributed by atoms with Gasteiger partial charge in [0.1, 0.15) is 11.6 Å². The maximum atomic E-state index is 14.0. The summed E-state index contributed by atoms with van der Waals surface area (Å²) >= 11 is 0. The molecule has 1 aromatic heterocycles. The number of halogens is 3. The second-order valence-electron chi connectivity index (χ2n) is 7.22. The largest absolute Gasteiger partial charge is 0.338 e. The van der Waals surface area contributed by atoms with Gasteiger partial charge in [0.15, 0.2) is 0 Å². The molecule has 1 atom stereocenters. The van der Waals surface area contributed by atoms with Crippen LogP contribution in [0.15, 0.2) is 48.5 Å². The van der Waals surface area contributed by atoms with Crippen LogP contribution in [0.1, 0.15) is 18.8 Å². The summed E-state index contributed by atoms with van der Waals surface area (Å²) in [5, 5.41) is 0. The van der Waals surface area contributed by atoms with Gasteiger partial charge in [-0.25, -0.2) is 9.37 Å². The van der Waals surface area contributed by atoms with Crippen molar-refractivity contribution in [3.8, 4) is 0 Å². The fourth-order valence-corrected chi connectivity index (χ4v) is 3.80. The van der Waals surface area contributed by atoms with Crippen LogP contribution < -0.4 is 4.90 Å². The number of hydrogen-bond donors (Lipinski definition) is 0. The lowest BCUT2D eigenvalue weighted by molar-refractivity contribution is -0.135. The second-order valence-corrected chi connectivity index (χ2v) is 7.22. The van der Waals surface area contributed by atoms with Crippen LogP contribution in [0.4, 0.5) is 18.9 Å². The van der Waals surface area contributed by atoms with Crippen molar-refractivity contribution < 1.29 is 22.8 Å². The summed E-state index contributed by atoms with van der Waals surface area (Å²) in [5.41, 5.74) is 0.820. The number of carbonyl (C=O) groups excluding carboxylic acids is 2. The van der Waals surface area contributed by atoms with E-state index in [1.54, 1.807) is 30.3 Å². The molecule has 0 N–H and O–H groups in total. The van der Waals surface area contributed by atoms with Crippen molar-refractivity contribution in [2.45, 2.75) is 19.5 Å². The maximum absolute atomic E-state index is 14.0. The molecule has 1 aliphatic heterocycles. The molecular formula is C21H19F3N4O2. The zero-order chi connectivity index (χ0) is 21.4. The van der Waals surface area contributed by atoms with E-state index >= 15 is 0 Å². The highest BCUT2D eigenvalue weighted by molar-refractivity contribution is 6.00. The maximum Gasteiger partial charge on any atom is 0.320 e. The van der Waals surface area contributed by atoms with Crippen molar-refractivity contribution in [2.24, 2.45) is 5.92 Å². The van der Waals surface area contributed by atoms with Crippen LogP contribution in [-0.4, -0.2) is 39.9 Å². The molecule has 2 heterocycles. The van der Waals surface area contributed by atoms with Crippen molar-refractivity contribution in [1.29, 1.82) is 0 Å². The number of nitrogens with zero attached hydrogens (tertiary/aromatic N) is 4. The zero-order valence-corrected chi connectivity index (χ0v) is 16.1. The van der Waals surface area contributed by atoms with E-state index in [0.29, 0.717) is 5.52 Å². The van der Waals surface area contributed by atoms with Gasteiger partial charge in [0, 0.05) is 20.0 Å². The number of fused-ring (bicyclic) bond motifs is 1. The lowest BCUT2D eigenvalue weighted by Gasteiger charge is -2.22. The van der Waals surface area contributed by atoms with E-state index in [-0.39, 0.29) is 48.4 Å². The first-order chi connectivity index (χ1) is 14.4. The van der Waals surface area contributed by atoms with Gasteiger partial charge in [0.25, 0.3) is 0 Å². The van der Waals surface area contributed by atoms with E-state index < -0.39 is 18.3 Å². The first kappa shape index (κ1) is 19.9. The molecule has 0 aliphatic carbocycles. The highest BCUT2D eigenvalue weighted by Gasteiger charge is 2.37. The Kier molecular flexibility index (Phi) is 5.19. The molecule has 0 unspecified atom stereocenters. The number of rotatable bonds is 5. The van der Waals surface area contributed by atoms with E-state index in [1.807, 2.05) is 0 Å². The Morgan fingerprint density at radius 2 is 1.90 bits per heavy atom. The number of carbonyl (C=O) groups is 2. The molecular weight excluding hydrogens is 397 g/mol. The Balaban J connectivity index is 1.52. The first-order valence-electron chi connectivity index (χ1n) is 9.40. The quantitative estimate of drug-likeness (QED) is 0.639. The molecule has 0 radical (unpaired) electrons. The van der Waals surface area contributed by atoms with Crippen molar-refractivity contribution in [2.75, 3.05) is 18.5 Å². The van der Waals surface area contributed by atoms with Gasteiger partial charge in [-0.1, -0.05) is 24.3 Å². The minimum absolute atomic E-state index is 0.0359. The molecule has 1 aliphatic rings. The SMILES string of the molecule is CN(Cc1nc2ccccc2n1C(F)F)C(=O)[C@@H]1CC(=O)N(c2ccccc2F)C1.